The number of rotatable bonds is 5. The van der Waals surface area contributed by atoms with E-state index in [9.17, 15) is 13.2 Å². The van der Waals surface area contributed by atoms with Crippen molar-refractivity contribution < 1.29 is 17.9 Å². The van der Waals surface area contributed by atoms with Gasteiger partial charge in [0.05, 0.1) is 5.56 Å². The molecule has 0 aliphatic rings. The number of hydrazine groups is 1. The second-order valence-corrected chi connectivity index (χ2v) is 5.20. The molecule has 0 unspecified atom stereocenters. The molecule has 0 bridgehead atoms. The van der Waals surface area contributed by atoms with Crippen LogP contribution in [0.2, 0.25) is 0 Å². The molecule has 10 heteroatoms. The molecule has 23 heavy (non-hydrogen) atoms. The minimum Gasteiger partial charge on any atom is -0.385 e. The maximum absolute atomic E-state index is 12.6. The van der Waals surface area contributed by atoms with Gasteiger partial charge in [-0.2, -0.15) is 13.2 Å². The van der Waals surface area contributed by atoms with E-state index in [1.54, 1.807) is 7.11 Å². The van der Waals surface area contributed by atoms with Crippen molar-refractivity contribution in [3.05, 3.63) is 29.8 Å². The predicted octanol–water partition coefficient (Wildman–Crippen LogP) is 2.41. The normalized spacial score (nSPS) is 10.8. The average Bonchev–Trinajstić information content (AvgIpc) is 2.49. The van der Waals surface area contributed by atoms with Gasteiger partial charge in [-0.3, -0.25) is 10.9 Å². The Morgan fingerprint density at radius 1 is 1.17 bits per heavy atom. The van der Waals surface area contributed by atoms with Crippen LogP contribution in [0.3, 0.4) is 0 Å². The molecule has 0 saturated heterocycles. The molecule has 4 N–H and O–H groups in total. The van der Waals surface area contributed by atoms with Gasteiger partial charge in [0, 0.05) is 25.9 Å². The maximum Gasteiger partial charge on any atom is 0.416 e. The van der Waals surface area contributed by atoms with E-state index in [-0.39, 0.29) is 10.8 Å². The summed E-state index contributed by atoms with van der Waals surface area (Å²) >= 11 is 9.97. The molecule has 5 nitrogen and oxygen atoms in total. The van der Waals surface area contributed by atoms with E-state index in [1.807, 2.05) is 0 Å². The minimum absolute atomic E-state index is 0.0883. The Labute approximate surface area is 142 Å². The molecule has 0 atom stereocenters. The van der Waals surface area contributed by atoms with Gasteiger partial charge in [-0.1, -0.05) is 6.07 Å². The Hall–Kier alpha value is -1.65. The Morgan fingerprint density at radius 3 is 2.52 bits per heavy atom. The van der Waals surface area contributed by atoms with Crippen LogP contribution in [0, 0.1) is 0 Å². The van der Waals surface area contributed by atoms with Crippen LogP contribution in [-0.4, -0.2) is 30.5 Å². The van der Waals surface area contributed by atoms with Gasteiger partial charge in [0.1, 0.15) is 0 Å². The number of anilines is 1. The highest BCUT2D eigenvalue weighted by Crippen LogP contribution is 2.30. The van der Waals surface area contributed by atoms with Crippen molar-refractivity contribution in [2.45, 2.75) is 12.6 Å². The summed E-state index contributed by atoms with van der Waals surface area (Å²) < 4.78 is 42.7. The van der Waals surface area contributed by atoms with Gasteiger partial charge >= 0.3 is 6.18 Å². The molecule has 0 amide bonds. The fourth-order valence-corrected chi connectivity index (χ4v) is 1.83. The van der Waals surface area contributed by atoms with Crippen LogP contribution in [0.5, 0.6) is 0 Å². The number of thiocarbonyl (C=S) groups is 2. The zero-order valence-corrected chi connectivity index (χ0v) is 13.9. The molecule has 0 aliphatic carbocycles. The van der Waals surface area contributed by atoms with Crippen LogP contribution in [-0.2, 0) is 10.9 Å². The summed E-state index contributed by atoms with van der Waals surface area (Å²) in [6.45, 7) is 1.23. The molecule has 0 saturated carbocycles. The highest BCUT2D eigenvalue weighted by Gasteiger charge is 2.30. The third kappa shape index (κ3) is 7.95. The van der Waals surface area contributed by atoms with E-state index < -0.39 is 11.7 Å². The van der Waals surface area contributed by atoms with Crippen molar-refractivity contribution in [1.82, 2.24) is 16.2 Å². The van der Waals surface area contributed by atoms with E-state index in [1.165, 1.54) is 12.1 Å². The van der Waals surface area contributed by atoms with Gasteiger partial charge in [-0.05, 0) is 49.1 Å². The number of halogens is 3. The lowest BCUT2D eigenvalue weighted by Gasteiger charge is -2.15. The fourth-order valence-electron chi connectivity index (χ4n) is 1.51. The van der Waals surface area contributed by atoms with Crippen molar-refractivity contribution in [1.29, 1.82) is 0 Å². The minimum atomic E-state index is -4.40. The Balaban J connectivity index is 2.38. The van der Waals surface area contributed by atoms with Crippen LogP contribution in [0.25, 0.3) is 0 Å². The van der Waals surface area contributed by atoms with E-state index in [2.05, 4.69) is 21.5 Å². The standard InChI is InChI=1S/C13H17F3N4OS2/c1-21-7-3-6-17-11(22)19-20-12(23)18-10-5-2-4-9(8-10)13(14,15)16/h2,4-5,8H,3,6-7H2,1H3,(H2,17,19,22)(H2,18,20,23). The number of nitrogens with one attached hydrogen (secondary N) is 4. The van der Waals surface area contributed by atoms with Crippen molar-refractivity contribution in [3.63, 3.8) is 0 Å². The van der Waals surface area contributed by atoms with E-state index >= 15 is 0 Å². The molecule has 0 fully saturated rings. The van der Waals surface area contributed by atoms with Gasteiger partial charge < -0.3 is 15.4 Å². The summed E-state index contributed by atoms with van der Waals surface area (Å²) in [5.74, 6) is 0. The summed E-state index contributed by atoms with van der Waals surface area (Å²) in [6.07, 6.45) is -3.62. The Bertz CT molecular complexity index is 540. The molecule has 0 heterocycles. The summed E-state index contributed by atoms with van der Waals surface area (Å²) in [5, 5.41) is 5.95. The molecule has 0 radical (unpaired) electrons. The summed E-state index contributed by atoms with van der Waals surface area (Å²) in [6, 6.07) is 4.72. The molecule has 1 aromatic carbocycles. The first kappa shape index (κ1) is 19.4. The maximum atomic E-state index is 12.6. The number of hydrogen-bond acceptors (Lipinski definition) is 3. The zero-order chi connectivity index (χ0) is 17.3. The van der Waals surface area contributed by atoms with Gasteiger partial charge in [-0.15, -0.1) is 0 Å². The largest absolute Gasteiger partial charge is 0.416 e. The van der Waals surface area contributed by atoms with Crippen LogP contribution in [0.4, 0.5) is 18.9 Å². The summed E-state index contributed by atoms with van der Waals surface area (Å²) in [5.41, 5.74) is 4.68. The molecule has 1 rings (SSSR count). The monoisotopic (exact) mass is 366 g/mol. The first-order chi connectivity index (χ1) is 10.8. The summed E-state index contributed by atoms with van der Waals surface area (Å²) in [4.78, 5) is 0. The second kappa shape index (κ2) is 9.48. The third-order valence-electron chi connectivity index (χ3n) is 2.55. The molecule has 0 spiro atoms. The predicted molar refractivity (Wildman–Crippen MR) is 91.0 cm³/mol. The van der Waals surface area contributed by atoms with Crippen molar-refractivity contribution in [2.24, 2.45) is 0 Å². The first-order valence-electron chi connectivity index (χ1n) is 6.60. The average molecular weight is 366 g/mol. The highest BCUT2D eigenvalue weighted by atomic mass is 32.1. The number of alkyl halides is 3. The van der Waals surface area contributed by atoms with Crippen molar-refractivity contribution in [3.8, 4) is 0 Å². The second-order valence-electron chi connectivity index (χ2n) is 4.38. The van der Waals surface area contributed by atoms with E-state index in [0.717, 1.165) is 18.6 Å². The quantitative estimate of drug-likeness (QED) is 0.363. The fraction of sp³-hybridized carbons (Fsp3) is 0.385. The van der Waals surface area contributed by atoms with E-state index in [4.69, 9.17) is 29.2 Å². The number of methoxy groups -OCH3 is 1. The lowest BCUT2D eigenvalue weighted by Crippen LogP contribution is -2.48. The van der Waals surface area contributed by atoms with Crippen LogP contribution in [0.15, 0.2) is 24.3 Å². The van der Waals surface area contributed by atoms with Crippen LogP contribution in [0.1, 0.15) is 12.0 Å². The van der Waals surface area contributed by atoms with E-state index in [0.29, 0.717) is 18.3 Å². The molecule has 1 aromatic rings. The van der Waals surface area contributed by atoms with Gasteiger partial charge in [0.25, 0.3) is 0 Å². The lowest BCUT2D eigenvalue weighted by atomic mass is 10.2. The number of benzene rings is 1. The molecule has 128 valence electrons. The summed E-state index contributed by atoms with van der Waals surface area (Å²) in [7, 11) is 1.61. The zero-order valence-electron chi connectivity index (χ0n) is 12.3. The van der Waals surface area contributed by atoms with Crippen LogP contribution >= 0.6 is 24.4 Å². The highest BCUT2D eigenvalue weighted by molar-refractivity contribution is 7.80. The van der Waals surface area contributed by atoms with Gasteiger partial charge in [0.2, 0.25) is 0 Å². The van der Waals surface area contributed by atoms with Gasteiger partial charge in [0.15, 0.2) is 10.2 Å². The number of ether oxygens (including phenoxy) is 1. The van der Waals surface area contributed by atoms with Crippen LogP contribution < -0.4 is 21.5 Å². The molecular formula is C13H17F3N4OS2. The molecule has 0 aliphatic heterocycles. The topological polar surface area (TPSA) is 57.4 Å². The molecule has 0 aromatic heterocycles. The molecular weight excluding hydrogens is 349 g/mol. The van der Waals surface area contributed by atoms with Crippen molar-refractivity contribution >= 4 is 40.3 Å². The first-order valence-corrected chi connectivity index (χ1v) is 7.41. The Morgan fingerprint density at radius 2 is 1.87 bits per heavy atom. The smallest absolute Gasteiger partial charge is 0.385 e. The Kier molecular flexibility index (Phi) is 8.00. The lowest BCUT2D eigenvalue weighted by molar-refractivity contribution is -0.137. The SMILES string of the molecule is COCCCNC(=S)NNC(=S)Nc1cccc(C(F)(F)F)c1. The third-order valence-corrected chi connectivity index (χ3v) is 3.00. The van der Waals surface area contributed by atoms with Crippen molar-refractivity contribution in [2.75, 3.05) is 25.6 Å². The number of hydrogen-bond donors (Lipinski definition) is 4. The van der Waals surface area contributed by atoms with Gasteiger partial charge in [-0.25, -0.2) is 0 Å².